The number of amides is 1. The number of phenolic OH excluding ortho intramolecular Hbond substituents is 1. The number of alkyl halides is 4. The zero-order valence-electron chi connectivity index (χ0n) is 74.3. The Hall–Kier alpha value is -3.14. The molecule has 1 amide bonds. The molecule has 770 valence electrons. The summed E-state index contributed by atoms with van der Waals surface area (Å²) < 4.78 is 198. The zero-order valence-corrected chi connectivity index (χ0v) is 99.5. The Balaban J connectivity index is 0.000000236. The summed E-state index contributed by atoms with van der Waals surface area (Å²) in [5.41, 5.74) is 0.120. The number of benzene rings is 10. The number of thioether (sulfide) groups is 4. The third-order valence-corrected chi connectivity index (χ3v) is 33.5. The third kappa shape index (κ3) is 38.9. The smallest absolute Gasteiger partial charge is 0.471 e. The van der Waals surface area contributed by atoms with E-state index in [1.54, 1.807) is 129 Å². The molecule has 0 heterocycles. The second-order valence-electron chi connectivity index (χ2n) is 30.5. The van der Waals surface area contributed by atoms with Crippen molar-refractivity contribution in [1.29, 1.82) is 0 Å². The fraction of sp³-hybridized carbons (Fsp3) is 0.315. The van der Waals surface area contributed by atoms with Crippen molar-refractivity contribution in [3.63, 3.8) is 0 Å². The number of sulfonamides is 3. The van der Waals surface area contributed by atoms with Crippen LogP contribution >= 0.6 is 273 Å². The van der Waals surface area contributed by atoms with Gasteiger partial charge in [-0.3, -0.25) is 4.79 Å². The van der Waals surface area contributed by atoms with Crippen LogP contribution < -0.4 is 62.1 Å². The van der Waals surface area contributed by atoms with Crippen LogP contribution in [0.4, 0.5) is 13.2 Å². The van der Waals surface area contributed by atoms with E-state index >= 15 is 0 Å². The fourth-order valence-corrected chi connectivity index (χ4v) is 27.3. The van der Waals surface area contributed by atoms with Crippen LogP contribution in [0, 0.1) is 0 Å². The predicted octanol–water partition coefficient (Wildman–Crippen LogP) is 30.7. The summed E-state index contributed by atoms with van der Waals surface area (Å²) in [6.45, 7) is 0.174. The molecule has 4 fully saturated rings. The summed E-state index contributed by atoms with van der Waals surface area (Å²) in [5.74, 6) is 4.95. The van der Waals surface area contributed by atoms with Crippen LogP contribution in [-0.4, -0.2) is 153 Å². The maximum absolute atomic E-state index is 13.5. The Morgan fingerprint density at radius 1 is 0.397 bits per heavy atom. The van der Waals surface area contributed by atoms with Gasteiger partial charge in [-0.15, -0.1) is 58.9 Å². The molecule has 14 rings (SSSR count). The molecule has 0 unspecified atom stereocenters. The monoisotopic (exact) mass is 2740 g/mol. The number of rotatable bonds is 35. The number of phenols is 1. The molecule has 0 atom stereocenters. The number of carbonyl (C=O) groups excluding carboxylic acids is 1. The molecule has 0 aliphatic heterocycles. The summed E-state index contributed by atoms with van der Waals surface area (Å²) in [6, 6.07) is 45.4. The normalized spacial score (nSPS) is 14.1. The Kier molecular flexibility index (Phi) is 49.8. The van der Waals surface area contributed by atoms with E-state index in [1.165, 1.54) is 74.5 Å². The first kappa shape index (κ1) is 125. The summed E-state index contributed by atoms with van der Waals surface area (Å²) in [6.07, 6.45) is 8.93. The highest BCUT2D eigenvalue weighted by Crippen LogP contribution is 2.50. The molecule has 4 saturated carbocycles. The third-order valence-electron chi connectivity index (χ3n) is 19.6. The average Bonchev–Trinajstić information content (AvgIpc) is 1.62. The summed E-state index contributed by atoms with van der Waals surface area (Å²) in [7, 11) is -4.26. The zero-order chi connectivity index (χ0) is 104. The van der Waals surface area contributed by atoms with E-state index < -0.39 is 73.4 Å². The molecule has 23 nitrogen and oxygen atoms in total. The second kappa shape index (κ2) is 56.3. The van der Waals surface area contributed by atoms with Gasteiger partial charge in [-0.25, -0.2) is 47.8 Å². The molecule has 5 N–H and O–H groups in total. The first-order valence-corrected chi connectivity index (χ1v) is 61.9. The number of nitrogens with one attached hydrogen (secondary N) is 4. The highest BCUT2D eigenvalue weighted by molar-refractivity contribution is 9.69. The molecule has 10 aromatic carbocycles. The van der Waals surface area contributed by atoms with Crippen LogP contribution in [-0.2, 0) is 56.4 Å². The van der Waals surface area contributed by atoms with Crippen LogP contribution in [0.15, 0.2) is 207 Å². The van der Waals surface area contributed by atoms with Gasteiger partial charge in [0.1, 0.15) is 83.7 Å². The van der Waals surface area contributed by atoms with E-state index in [0.29, 0.717) is 63.9 Å². The van der Waals surface area contributed by atoms with Crippen molar-refractivity contribution >= 4 is 321 Å². The van der Waals surface area contributed by atoms with E-state index in [4.69, 9.17) is 158 Å². The maximum Gasteiger partial charge on any atom is 0.471 e. The van der Waals surface area contributed by atoms with Crippen LogP contribution in [0.3, 0.4) is 0 Å². The Bertz CT molecular complexity index is 6360. The number of halogens is 20. The minimum Gasteiger partial charge on any atom is -0.507 e. The summed E-state index contributed by atoms with van der Waals surface area (Å²) in [4.78, 5) is 10.1. The van der Waals surface area contributed by atoms with Crippen LogP contribution in [0.1, 0.15) is 69.9 Å². The van der Waals surface area contributed by atoms with Crippen molar-refractivity contribution in [3.8, 4) is 80.5 Å². The molecule has 52 heteroatoms. The largest absolute Gasteiger partial charge is 0.507 e. The molecular weight excluding hydrogens is 2670 g/mol. The fourth-order valence-electron chi connectivity index (χ4n) is 12.2. The lowest BCUT2D eigenvalue weighted by atomic mass is 10.2. The molecule has 4 aliphatic rings. The number of ether oxygens (including phenoxy) is 9. The topological polar surface area (TPSA) is 305 Å². The highest BCUT2D eigenvalue weighted by Gasteiger charge is 2.51. The van der Waals surface area contributed by atoms with Gasteiger partial charge in [0.05, 0.1) is 68.6 Å². The molecule has 0 saturated heterocycles. The van der Waals surface area contributed by atoms with Crippen molar-refractivity contribution in [3.05, 3.63) is 239 Å². The van der Waals surface area contributed by atoms with Crippen LogP contribution in [0.25, 0.3) is 0 Å². The van der Waals surface area contributed by atoms with E-state index in [-0.39, 0.29) is 136 Å². The Morgan fingerprint density at radius 3 is 0.929 bits per heavy atom. The van der Waals surface area contributed by atoms with Crippen molar-refractivity contribution in [2.45, 2.75) is 119 Å². The Morgan fingerprint density at radius 2 is 0.652 bits per heavy atom. The lowest BCUT2D eigenvalue weighted by Crippen LogP contribution is -2.45. The molecule has 0 bridgehead atoms. The standard InChI is InChI=1S/C25H24BrCl2NO5S2.C18H18BrCl2NO4S2.C17H16BrCl2NO4S2.C13H8BrCl3O4S.C8H9ClO.C7H10F3NOS.CH4.BBr3/c1-32-18-5-3-16(4-6-18)14-33-22-8-7-19(34-24-20(27)11-17(26)12-21(24)28)13-23(22)36(30,31)29-25(9-10-25)15-35-2;1-25-15-4-3-12(26-17-13(20)7-11(19)8-14(17)21)9-16(15)28(23,24)22-18(5-6-18)10-27-2;1-26-9-17(4-5-17)21-27(23,24)15-8-11(2-3-14(15)22)25-16-12(19)6-10(18)7-13(16)20;1-20-11-3-2-8(6-12(11)22(17,18)19)21-13-9(15)4-7(14)5-10(13)16;1-10-8-4-2-7(6-9)3-5-8;1-13-4-6(2-3-6)11-5(12)7(8,9)10;;2-1(3)4/h3-8,11-13,29H,9-10,14-15H2,1-2H3;3-4,7-9,22H,5-6,10H2,1-2H3;2-3,6-8,21-22H,4-5,9H2,1H3;2-6H,1H3;2-5H,6H2,1H3;2-4H2,1H3,(H,11,12);1H4;. The van der Waals surface area contributed by atoms with Crippen molar-refractivity contribution < 1.29 is 99.4 Å². The van der Waals surface area contributed by atoms with Gasteiger partial charge in [0.15, 0.2) is 23.0 Å². The van der Waals surface area contributed by atoms with Gasteiger partial charge in [-0.1, -0.05) is 188 Å². The second-order valence-corrected chi connectivity index (χ2v) is 55.1. The molecule has 10 aromatic rings. The summed E-state index contributed by atoms with van der Waals surface area (Å²) in [5, 5.41) is 14.4. The molecule has 0 radical (unpaired) electrons. The number of hydrogen-bond acceptors (Lipinski definition) is 23. The first-order valence-electron chi connectivity index (χ1n) is 40.1. The van der Waals surface area contributed by atoms with Crippen molar-refractivity contribution in [1.82, 2.24) is 19.5 Å². The molecule has 4 aliphatic carbocycles. The van der Waals surface area contributed by atoms with Gasteiger partial charge < -0.3 is 53.1 Å². The molecular formula is C89H89BBr7Cl10F3N4O19S8. The van der Waals surface area contributed by atoms with E-state index in [0.717, 1.165) is 66.9 Å². The minimum absolute atomic E-state index is 0. The number of hydrogen-bond donors (Lipinski definition) is 5. The van der Waals surface area contributed by atoms with Gasteiger partial charge in [-0.05, 0) is 209 Å². The number of methoxy groups -OCH3 is 4. The van der Waals surface area contributed by atoms with Gasteiger partial charge in [0, 0.05) is 104 Å². The van der Waals surface area contributed by atoms with Gasteiger partial charge in [-0.2, -0.15) is 60.2 Å². The SMILES string of the molecule is BrB(Br)Br.C.COc1ccc(CCl)cc1.COc1ccc(COc2ccc(Oc3c(Cl)cc(Br)cc3Cl)cc2S(=O)(=O)NC2(CSC)CC2)cc1.COc1ccc(Oc2c(Cl)cc(Br)cc2Cl)cc1S(=O)(=O)Cl.COc1ccc(Oc2c(Cl)cc(Br)cc2Cl)cc1S(=O)(=O)NC1(CSC)CC1.CSCC1(NC(=O)C(F)(F)F)CC1.CSCC1(NS(=O)(=O)c2cc(Oc3c(Cl)cc(Br)cc3Cl)ccc2O)CC1. The highest BCUT2D eigenvalue weighted by atomic mass is 79.9. The van der Waals surface area contributed by atoms with E-state index in [2.05, 4.69) is 125 Å². The van der Waals surface area contributed by atoms with Crippen LogP contribution in [0.2, 0.25) is 40.2 Å². The van der Waals surface area contributed by atoms with Crippen LogP contribution in [0.5, 0.6) is 80.5 Å². The van der Waals surface area contributed by atoms with Crippen molar-refractivity contribution in [2.75, 3.05) is 76.5 Å². The number of aromatic hydroxyl groups is 1. The molecule has 141 heavy (non-hydrogen) atoms. The van der Waals surface area contributed by atoms with Gasteiger partial charge in [0.2, 0.25) is 30.1 Å². The first-order chi connectivity index (χ1) is 65.7. The Labute approximate surface area is 944 Å². The maximum atomic E-state index is 13.5. The van der Waals surface area contributed by atoms with Gasteiger partial charge in [0.25, 0.3) is 9.05 Å². The van der Waals surface area contributed by atoms with Crippen molar-refractivity contribution in [2.24, 2.45) is 0 Å². The van der Waals surface area contributed by atoms with Gasteiger partial charge >= 0.3 is 15.3 Å². The predicted molar refractivity (Wildman–Crippen MR) is 596 cm³/mol. The average molecular weight is 2760 g/mol. The van der Waals surface area contributed by atoms with E-state index in [1.807, 2.05) is 72.6 Å². The minimum atomic E-state index is -4.76. The lowest BCUT2D eigenvalue weighted by Gasteiger charge is -2.19. The number of carbonyl (C=O) groups is 1. The quantitative estimate of drug-likeness (QED) is 0.0140. The summed E-state index contributed by atoms with van der Waals surface area (Å²) >= 11 is 83.8. The molecule has 0 aromatic heterocycles. The van der Waals surface area contributed by atoms with E-state index in [9.17, 15) is 56.7 Å². The molecule has 0 spiro atoms. The lowest BCUT2D eigenvalue weighted by molar-refractivity contribution is -0.174.